The Morgan fingerprint density at radius 2 is 1.45 bits per heavy atom. The third-order valence-electron chi connectivity index (χ3n) is 1.26. The molecule has 11 heavy (non-hydrogen) atoms. The van der Waals surface area contributed by atoms with E-state index in [0.29, 0.717) is 0 Å². The van der Waals surface area contributed by atoms with Crippen LogP contribution in [0.3, 0.4) is 0 Å². The second-order valence-corrected chi connectivity index (χ2v) is 5.15. The summed E-state index contributed by atoms with van der Waals surface area (Å²) in [7, 11) is 0. The monoisotopic (exact) mass is 385 g/mol. The predicted octanol–water partition coefficient (Wildman–Crippen LogP) is 2.52. The van der Waals surface area contributed by atoms with Crippen molar-refractivity contribution in [2.75, 3.05) is 0 Å². The molecule has 2 nitrogen and oxygen atoms in total. The van der Waals surface area contributed by atoms with Gasteiger partial charge in [-0.15, -0.1) is 0 Å². The zero-order valence-corrected chi connectivity index (χ0v) is 10.9. The molecular formula is C6H2Br2O2Sb. The fourth-order valence-electron chi connectivity index (χ4n) is 0.752. The van der Waals surface area contributed by atoms with Gasteiger partial charge in [0, 0.05) is 0 Å². The molecule has 1 radical (unpaired) electrons. The summed E-state index contributed by atoms with van der Waals surface area (Å²) in [6.45, 7) is 0. The third-order valence-corrected chi connectivity index (χ3v) is 4.65. The summed E-state index contributed by atoms with van der Waals surface area (Å²) in [6, 6.07) is 3.84. The predicted molar refractivity (Wildman–Crippen MR) is 48.9 cm³/mol. The molecule has 0 fully saturated rings. The van der Waals surface area contributed by atoms with Crippen molar-refractivity contribution >= 4 is 54.3 Å². The molecule has 1 aromatic carbocycles. The van der Waals surface area contributed by atoms with Crippen LogP contribution < -0.4 is 6.03 Å². The van der Waals surface area contributed by atoms with E-state index in [1.165, 1.54) is 0 Å². The van der Waals surface area contributed by atoms with Gasteiger partial charge in [0.05, 0.1) is 0 Å². The van der Waals surface area contributed by atoms with Crippen LogP contribution in [0, 0.1) is 0 Å². The van der Waals surface area contributed by atoms with E-state index in [9.17, 15) is 0 Å². The van der Waals surface area contributed by atoms with Gasteiger partial charge in [-0.3, -0.25) is 0 Å². The molecule has 0 saturated heterocycles. The average Bonchev–Trinajstić information content (AvgIpc) is 2.36. The van der Waals surface area contributed by atoms with Crippen LogP contribution in [-0.4, -0.2) is 22.5 Å². The first-order chi connectivity index (χ1) is 5.27. The van der Waals surface area contributed by atoms with Gasteiger partial charge in [-0.05, 0) is 0 Å². The number of hydrogen-bond donors (Lipinski definition) is 0. The number of fused-ring (bicyclic) bond motifs is 1. The van der Waals surface area contributed by atoms with Crippen LogP contribution >= 0.6 is 31.9 Å². The van der Waals surface area contributed by atoms with E-state index in [-0.39, 0.29) is 0 Å². The minimum atomic E-state index is -0.872. The number of hydrogen-bond acceptors (Lipinski definition) is 2. The van der Waals surface area contributed by atoms with Gasteiger partial charge < -0.3 is 0 Å². The topological polar surface area (TPSA) is 18.5 Å². The fraction of sp³-hybridized carbons (Fsp3) is 0. The quantitative estimate of drug-likeness (QED) is 0.637. The molecular weight excluding hydrogens is 386 g/mol. The first-order valence-corrected chi connectivity index (χ1v) is 6.48. The van der Waals surface area contributed by atoms with Crippen LogP contribution in [0.5, 0.6) is 11.5 Å². The Balaban J connectivity index is 2.57. The summed E-state index contributed by atoms with van der Waals surface area (Å²) in [6.07, 6.45) is 0. The molecule has 0 aromatic heterocycles. The fourth-order valence-corrected chi connectivity index (χ4v) is 2.78. The Kier molecular flexibility index (Phi) is 2.35. The molecule has 5 heteroatoms. The first kappa shape index (κ1) is 8.21. The van der Waals surface area contributed by atoms with E-state index in [1.54, 1.807) is 0 Å². The van der Waals surface area contributed by atoms with E-state index in [1.807, 2.05) is 12.1 Å². The van der Waals surface area contributed by atoms with E-state index in [2.05, 4.69) is 31.9 Å². The number of halogens is 2. The average molecular weight is 388 g/mol. The summed E-state index contributed by atoms with van der Waals surface area (Å²) < 4.78 is 12.6. The second-order valence-electron chi connectivity index (χ2n) is 1.97. The van der Waals surface area contributed by atoms with E-state index in [4.69, 9.17) is 6.03 Å². The SMILES string of the molecule is Brc1cc2c(cc1Br)[O][Sb][O]2. The molecule has 2 rings (SSSR count). The van der Waals surface area contributed by atoms with Crippen molar-refractivity contribution in [2.45, 2.75) is 0 Å². The summed E-state index contributed by atoms with van der Waals surface area (Å²) in [4.78, 5) is 0. The molecule has 1 aliphatic rings. The molecule has 57 valence electrons. The van der Waals surface area contributed by atoms with Gasteiger partial charge in [0.15, 0.2) is 0 Å². The number of benzene rings is 1. The standard InChI is InChI=1S/C6H4Br2O2.Sb/c7-3-1-5(9)6(10)2-4(3)8;/h1-2,9-10H;/q;+2/p-2. The molecule has 0 bridgehead atoms. The van der Waals surface area contributed by atoms with Crippen molar-refractivity contribution in [1.82, 2.24) is 0 Å². The molecule has 1 aromatic rings. The van der Waals surface area contributed by atoms with E-state index < -0.39 is 22.5 Å². The van der Waals surface area contributed by atoms with Crippen molar-refractivity contribution in [3.8, 4) is 11.5 Å². The van der Waals surface area contributed by atoms with Crippen molar-refractivity contribution in [1.29, 1.82) is 0 Å². The molecule has 1 heterocycles. The van der Waals surface area contributed by atoms with Crippen LogP contribution in [-0.2, 0) is 0 Å². The van der Waals surface area contributed by atoms with Gasteiger partial charge in [-0.25, -0.2) is 0 Å². The molecule has 1 aliphatic heterocycles. The Hall–Kier alpha value is 0.598. The van der Waals surface area contributed by atoms with Crippen LogP contribution in [0.4, 0.5) is 0 Å². The van der Waals surface area contributed by atoms with Gasteiger partial charge in [0.2, 0.25) is 0 Å². The van der Waals surface area contributed by atoms with Crippen molar-refractivity contribution in [3.63, 3.8) is 0 Å². The maximum absolute atomic E-state index is 5.31. The van der Waals surface area contributed by atoms with Crippen LogP contribution in [0.25, 0.3) is 0 Å². The van der Waals surface area contributed by atoms with Crippen molar-refractivity contribution in [2.24, 2.45) is 0 Å². The van der Waals surface area contributed by atoms with Gasteiger partial charge in [-0.2, -0.15) is 0 Å². The van der Waals surface area contributed by atoms with Gasteiger partial charge in [0.1, 0.15) is 0 Å². The second kappa shape index (κ2) is 3.15. The maximum atomic E-state index is 5.31. The normalized spacial score (nSPS) is 13.6. The first-order valence-electron chi connectivity index (χ1n) is 2.81. The molecule has 0 unspecified atom stereocenters. The molecule has 0 spiro atoms. The van der Waals surface area contributed by atoms with Crippen LogP contribution in [0.2, 0.25) is 0 Å². The van der Waals surface area contributed by atoms with Crippen LogP contribution in [0.15, 0.2) is 21.1 Å². The van der Waals surface area contributed by atoms with Crippen molar-refractivity contribution < 1.29 is 6.03 Å². The molecule has 0 amide bonds. The molecule has 0 atom stereocenters. The summed E-state index contributed by atoms with van der Waals surface area (Å²) in [5.41, 5.74) is 0. The number of rotatable bonds is 0. The Bertz CT molecular complexity index is 274. The Labute approximate surface area is 92.2 Å². The third kappa shape index (κ3) is 1.53. The molecule has 0 saturated carbocycles. The van der Waals surface area contributed by atoms with Crippen LogP contribution in [0.1, 0.15) is 0 Å². The minimum absolute atomic E-state index is 0.858. The molecule has 0 N–H and O–H groups in total. The summed E-state index contributed by atoms with van der Waals surface area (Å²) in [5.74, 6) is 1.72. The Morgan fingerprint density at radius 3 is 1.91 bits per heavy atom. The zero-order chi connectivity index (χ0) is 7.84. The van der Waals surface area contributed by atoms with Gasteiger partial charge >= 0.3 is 92.9 Å². The van der Waals surface area contributed by atoms with Crippen molar-refractivity contribution in [3.05, 3.63) is 21.1 Å². The zero-order valence-electron chi connectivity index (χ0n) is 5.17. The molecule has 0 aliphatic carbocycles. The Morgan fingerprint density at radius 1 is 1.00 bits per heavy atom. The summed E-state index contributed by atoms with van der Waals surface area (Å²) >= 11 is 5.89. The van der Waals surface area contributed by atoms with Gasteiger partial charge in [-0.1, -0.05) is 0 Å². The van der Waals surface area contributed by atoms with Gasteiger partial charge in [0.25, 0.3) is 0 Å². The van der Waals surface area contributed by atoms with E-state index >= 15 is 0 Å². The van der Waals surface area contributed by atoms with E-state index in [0.717, 1.165) is 20.4 Å². The summed E-state index contributed by atoms with van der Waals surface area (Å²) in [5, 5.41) is 0.